The van der Waals surface area contributed by atoms with Crippen LogP contribution in [0.3, 0.4) is 0 Å². The maximum Gasteiger partial charge on any atom is 0.319 e. The molecule has 2 aromatic carbocycles. The Labute approximate surface area is 135 Å². The van der Waals surface area contributed by atoms with Gasteiger partial charge < -0.3 is 10.6 Å². The summed E-state index contributed by atoms with van der Waals surface area (Å²) in [5.74, 6) is 0. The van der Waals surface area contributed by atoms with E-state index in [-0.39, 0.29) is 11.6 Å². The van der Waals surface area contributed by atoms with Crippen LogP contribution >= 0.6 is 15.9 Å². The lowest BCUT2D eigenvalue weighted by Gasteiger charge is -2.16. The summed E-state index contributed by atoms with van der Waals surface area (Å²) < 4.78 is 26.1. The lowest BCUT2D eigenvalue weighted by atomic mass is 10.1. The third kappa shape index (κ3) is 4.27. The number of urea groups is 1. The molecule has 22 heavy (non-hydrogen) atoms. The quantitative estimate of drug-likeness (QED) is 0.758. The summed E-state index contributed by atoms with van der Waals surface area (Å²) in [5.41, 5.74) is 1.13. The van der Waals surface area contributed by atoms with E-state index >= 15 is 0 Å². The molecule has 0 aliphatic heterocycles. The van der Waals surface area contributed by atoms with E-state index in [1.54, 1.807) is 6.07 Å². The van der Waals surface area contributed by atoms with Gasteiger partial charge in [0, 0.05) is 15.7 Å². The average molecular weight is 369 g/mol. The molecule has 1 atom stereocenters. The first kappa shape index (κ1) is 16.4. The van der Waals surface area contributed by atoms with Crippen LogP contribution in [-0.4, -0.2) is 6.03 Å². The lowest BCUT2D eigenvalue weighted by molar-refractivity contribution is 0.151. The van der Waals surface area contributed by atoms with Crippen molar-refractivity contribution in [1.29, 1.82) is 0 Å². The molecule has 0 aliphatic rings. The van der Waals surface area contributed by atoms with Crippen LogP contribution in [0.25, 0.3) is 0 Å². The summed E-state index contributed by atoms with van der Waals surface area (Å²) in [7, 11) is 0. The van der Waals surface area contributed by atoms with Gasteiger partial charge in [0.25, 0.3) is 6.43 Å². The molecule has 0 saturated carbocycles. The van der Waals surface area contributed by atoms with Crippen molar-refractivity contribution in [3.63, 3.8) is 0 Å². The molecule has 0 radical (unpaired) electrons. The van der Waals surface area contributed by atoms with Gasteiger partial charge in [-0.25, -0.2) is 13.6 Å². The van der Waals surface area contributed by atoms with Crippen molar-refractivity contribution in [3.8, 4) is 0 Å². The van der Waals surface area contributed by atoms with Crippen molar-refractivity contribution in [2.24, 2.45) is 0 Å². The van der Waals surface area contributed by atoms with Gasteiger partial charge >= 0.3 is 6.03 Å². The molecule has 0 saturated heterocycles. The highest BCUT2D eigenvalue weighted by Crippen LogP contribution is 2.24. The SMILES string of the molecule is CC(NC(=O)Nc1cccc(C(F)F)c1)c1ccccc1Br. The zero-order valence-electron chi connectivity index (χ0n) is 11.8. The van der Waals surface area contributed by atoms with Gasteiger partial charge in [0.1, 0.15) is 0 Å². The van der Waals surface area contributed by atoms with Crippen LogP contribution in [0, 0.1) is 0 Å². The van der Waals surface area contributed by atoms with E-state index in [9.17, 15) is 13.6 Å². The maximum absolute atomic E-state index is 12.6. The normalized spacial score (nSPS) is 12.0. The van der Waals surface area contributed by atoms with Crippen molar-refractivity contribution < 1.29 is 13.6 Å². The minimum Gasteiger partial charge on any atom is -0.331 e. The standard InChI is InChI=1S/C16H15BrF2N2O/c1-10(13-7-2-3-8-14(13)17)20-16(22)21-12-6-4-5-11(9-12)15(18)19/h2-10,15H,1H3,(H2,20,21,22). The smallest absolute Gasteiger partial charge is 0.319 e. The van der Waals surface area contributed by atoms with Crippen molar-refractivity contribution in [2.75, 3.05) is 5.32 Å². The molecular weight excluding hydrogens is 354 g/mol. The van der Waals surface area contributed by atoms with Crippen molar-refractivity contribution in [2.45, 2.75) is 19.4 Å². The van der Waals surface area contributed by atoms with Crippen LogP contribution in [0.5, 0.6) is 0 Å². The summed E-state index contributed by atoms with van der Waals surface area (Å²) in [6, 6.07) is 12.5. The summed E-state index contributed by atoms with van der Waals surface area (Å²) in [6.07, 6.45) is -2.57. The second kappa shape index (κ2) is 7.35. The Morgan fingerprint density at radius 2 is 1.86 bits per heavy atom. The molecule has 0 aliphatic carbocycles. The minimum atomic E-state index is -2.57. The number of alkyl halides is 2. The Morgan fingerprint density at radius 1 is 1.14 bits per heavy atom. The molecule has 116 valence electrons. The van der Waals surface area contributed by atoms with Crippen molar-refractivity contribution in [3.05, 3.63) is 64.1 Å². The second-order valence-electron chi connectivity index (χ2n) is 4.77. The fraction of sp³-hybridized carbons (Fsp3) is 0.188. The van der Waals surface area contributed by atoms with Gasteiger partial charge in [-0.05, 0) is 30.7 Å². The van der Waals surface area contributed by atoms with E-state index in [0.717, 1.165) is 10.0 Å². The number of carbonyl (C=O) groups excluding carboxylic acids is 1. The summed E-state index contributed by atoms with van der Waals surface area (Å²) in [4.78, 5) is 12.0. The number of hydrogen-bond acceptors (Lipinski definition) is 1. The third-order valence-electron chi connectivity index (χ3n) is 3.12. The highest BCUT2D eigenvalue weighted by molar-refractivity contribution is 9.10. The first-order chi connectivity index (χ1) is 10.5. The number of amides is 2. The largest absolute Gasteiger partial charge is 0.331 e. The minimum absolute atomic E-state index is 0.128. The van der Waals surface area contributed by atoms with Crippen LogP contribution in [0.2, 0.25) is 0 Å². The molecule has 2 rings (SSSR count). The Bertz CT molecular complexity index is 664. The lowest BCUT2D eigenvalue weighted by Crippen LogP contribution is -2.31. The fourth-order valence-corrected chi connectivity index (χ4v) is 2.65. The van der Waals surface area contributed by atoms with Crippen LogP contribution in [0.15, 0.2) is 53.0 Å². The maximum atomic E-state index is 12.6. The van der Waals surface area contributed by atoms with E-state index in [4.69, 9.17) is 0 Å². The Kier molecular flexibility index (Phi) is 5.49. The zero-order valence-corrected chi connectivity index (χ0v) is 13.4. The Morgan fingerprint density at radius 3 is 2.55 bits per heavy atom. The average Bonchev–Trinajstić information content (AvgIpc) is 2.47. The molecule has 0 fully saturated rings. The van der Waals surface area contributed by atoms with Gasteiger partial charge in [-0.3, -0.25) is 0 Å². The second-order valence-corrected chi connectivity index (χ2v) is 5.62. The van der Waals surface area contributed by atoms with Gasteiger partial charge in [-0.2, -0.15) is 0 Å². The highest BCUT2D eigenvalue weighted by Gasteiger charge is 2.13. The van der Waals surface area contributed by atoms with Gasteiger partial charge in [0.05, 0.1) is 6.04 Å². The molecule has 0 spiro atoms. The summed E-state index contributed by atoms with van der Waals surface area (Å²) in [5, 5.41) is 5.33. The molecule has 2 N–H and O–H groups in total. The zero-order chi connectivity index (χ0) is 16.1. The van der Waals surface area contributed by atoms with Gasteiger partial charge in [0.2, 0.25) is 0 Å². The molecule has 0 heterocycles. The molecule has 1 unspecified atom stereocenters. The molecule has 2 aromatic rings. The molecular formula is C16H15BrF2N2O. The van der Waals surface area contributed by atoms with E-state index in [0.29, 0.717) is 5.69 Å². The number of nitrogens with one attached hydrogen (secondary N) is 2. The third-order valence-corrected chi connectivity index (χ3v) is 3.84. The summed E-state index contributed by atoms with van der Waals surface area (Å²) in [6.45, 7) is 1.84. The van der Waals surface area contributed by atoms with E-state index in [1.807, 2.05) is 31.2 Å². The molecule has 6 heteroatoms. The van der Waals surface area contributed by atoms with E-state index in [2.05, 4.69) is 26.6 Å². The highest BCUT2D eigenvalue weighted by atomic mass is 79.9. The van der Waals surface area contributed by atoms with Crippen molar-refractivity contribution in [1.82, 2.24) is 5.32 Å². The van der Waals surface area contributed by atoms with Crippen LogP contribution in [0.4, 0.5) is 19.3 Å². The predicted molar refractivity (Wildman–Crippen MR) is 86.1 cm³/mol. The van der Waals surface area contributed by atoms with Gasteiger partial charge in [-0.1, -0.05) is 46.3 Å². The number of rotatable bonds is 4. The van der Waals surface area contributed by atoms with Crippen molar-refractivity contribution >= 4 is 27.6 Å². The van der Waals surface area contributed by atoms with Crippen LogP contribution < -0.4 is 10.6 Å². The number of halogens is 3. The predicted octanol–water partition coefficient (Wildman–Crippen LogP) is 5.27. The topological polar surface area (TPSA) is 41.1 Å². The molecule has 0 aromatic heterocycles. The fourth-order valence-electron chi connectivity index (χ4n) is 2.02. The monoisotopic (exact) mass is 368 g/mol. The van der Waals surface area contributed by atoms with Crippen LogP contribution in [-0.2, 0) is 0 Å². The first-order valence-corrected chi connectivity index (χ1v) is 7.46. The number of hydrogen-bond donors (Lipinski definition) is 2. The van der Waals surface area contributed by atoms with E-state index < -0.39 is 12.5 Å². The molecule has 2 amide bonds. The summed E-state index contributed by atoms with van der Waals surface area (Å²) >= 11 is 3.42. The first-order valence-electron chi connectivity index (χ1n) is 6.67. The molecule has 3 nitrogen and oxygen atoms in total. The number of anilines is 1. The molecule has 0 bridgehead atoms. The number of carbonyl (C=O) groups is 1. The Balaban J connectivity index is 2.01. The number of benzene rings is 2. The van der Waals surface area contributed by atoms with Gasteiger partial charge in [-0.15, -0.1) is 0 Å². The van der Waals surface area contributed by atoms with E-state index in [1.165, 1.54) is 18.2 Å². The van der Waals surface area contributed by atoms with Crippen LogP contribution in [0.1, 0.15) is 30.5 Å². The van der Waals surface area contributed by atoms with Gasteiger partial charge in [0.15, 0.2) is 0 Å². The Hall–Kier alpha value is -1.95.